The average Bonchev–Trinajstić information content (AvgIpc) is 3.06. The van der Waals surface area contributed by atoms with E-state index >= 15 is 0 Å². The maximum Gasteiger partial charge on any atom is 0.162 e. The van der Waals surface area contributed by atoms with Crippen LogP contribution in [0.5, 0.6) is 0 Å². The summed E-state index contributed by atoms with van der Waals surface area (Å²) >= 11 is 1.39. The molecule has 2 aromatic heterocycles. The number of sulfone groups is 1. The minimum atomic E-state index is -3.26. The third kappa shape index (κ3) is 4.09. The zero-order valence-corrected chi connectivity index (χ0v) is 14.6. The highest BCUT2D eigenvalue weighted by atomic mass is 32.2. The van der Waals surface area contributed by atoms with Crippen molar-refractivity contribution in [2.24, 2.45) is 0 Å². The van der Waals surface area contributed by atoms with E-state index in [1.165, 1.54) is 11.3 Å². The predicted molar refractivity (Wildman–Crippen MR) is 92.1 cm³/mol. The molecule has 23 heavy (non-hydrogen) atoms. The quantitative estimate of drug-likeness (QED) is 0.696. The van der Waals surface area contributed by atoms with Crippen LogP contribution in [0, 0.1) is 13.8 Å². The molecule has 0 atom stereocenters. The molecule has 0 aliphatic rings. The zero-order valence-electron chi connectivity index (χ0n) is 12.9. The Labute approximate surface area is 139 Å². The van der Waals surface area contributed by atoms with Crippen LogP contribution in [-0.4, -0.2) is 13.4 Å². The van der Waals surface area contributed by atoms with Crippen LogP contribution in [-0.2, 0) is 21.3 Å². The summed E-state index contributed by atoms with van der Waals surface area (Å²) in [6, 6.07) is 9.46. The van der Waals surface area contributed by atoms with Crippen LogP contribution in [0.4, 0.5) is 0 Å². The predicted octanol–water partition coefficient (Wildman–Crippen LogP) is 4.13. The summed E-state index contributed by atoms with van der Waals surface area (Å²) in [5, 5.41) is 2.48. The summed E-state index contributed by atoms with van der Waals surface area (Å²) in [6.07, 6.45) is 1.58. The van der Waals surface area contributed by atoms with Gasteiger partial charge >= 0.3 is 0 Å². The van der Waals surface area contributed by atoms with Crippen LogP contribution in [0.1, 0.15) is 22.4 Å². The summed E-state index contributed by atoms with van der Waals surface area (Å²) in [6.45, 7) is 3.94. The number of aryl methyl sites for hydroxylation is 2. The van der Waals surface area contributed by atoms with Crippen molar-refractivity contribution in [1.82, 2.24) is 4.98 Å². The minimum absolute atomic E-state index is 0.0309. The van der Waals surface area contributed by atoms with E-state index in [1.54, 1.807) is 17.7 Å². The van der Waals surface area contributed by atoms with E-state index in [0.717, 1.165) is 16.7 Å². The van der Waals surface area contributed by atoms with Gasteiger partial charge in [-0.15, -0.1) is 11.3 Å². The third-order valence-corrected chi connectivity index (χ3v) is 5.73. The lowest BCUT2D eigenvalue weighted by Crippen LogP contribution is -2.08. The normalized spacial score (nSPS) is 11.7. The average molecular weight is 347 g/mol. The second-order valence-corrected chi connectivity index (χ2v) is 8.57. The number of hydrogen-bond acceptors (Lipinski definition) is 5. The van der Waals surface area contributed by atoms with Crippen molar-refractivity contribution < 1.29 is 12.8 Å². The van der Waals surface area contributed by atoms with Gasteiger partial charge < -0.3 is 4.42 Å². The van der Waals surface area contributed by atoms with Gasteiger partial charge in [0.15, 0.2) is 20.6 Å². The number of aromatic nitrogens is 1. The van der Waals surface area contributed by atoms with Gasteiger partial charge in [0.05, 0.1) is 23.5 Å². The van der Waals surface area contributed by atoms with Gasteiger partial charge in [0.2, 0.25) is 0 Å². The first-order valence-electron chi connectivity index (χ1n) is 7.17. The molecule has 0 aliphatic heterocycles. The van der Waals surface area contributed by atoms with Crippen molar-refractivity contribution >= 4 is 21.2 Å². The van der Waals surface area contributed by atoms with Crippen LogP contribution in [0.25, 0.3) is 10.8 Å². The SMILES string of the molecule is Cc1cc(C)cc(CS(=O)(=O)Cc2csc(-c3ccco3)n2)c1. The molecule has 3 aromatic rings. The van der Waals surface area contributed by atoms with E-state index < -0.39 is 9.84 Å². The van der Waals surface area contributed by atoms with Crippen molar-refractivity contribution in [2.75, 3.05) is 0 Å². The molecule has 2 heterocycles. The fourth-order valence-corrected chi connectivity index (χ4v) is 4.84. The van der Waals surface area contributed by atoms with Gasteiger partial charge in [-0.3, -0.25) is 0 Å². The van der Waals surface area contributed by atoms with Crippen LogP contribution in [0.2, 0.25) is 0 Å². The highest BCUT2D eigenvalue weighted by Crippen LogP contribution is 2.25. The van der Waals surface area contributed by atoms with E-state index in [2.05, 4.69) is 4.98 Å². The molecular formula is C17H17NO3S2. The van der Waals surface area contributed by atoms with Gasteiger partial charge in [-0.1, -0.05) is 29.3 Å². The Morgan fingerprint density at radius 2 is 1.87 bits per heavy atom. The maximum absolute atomic E-state index is 12.4. The van der Waals surface area contributed by atoms with E-state index in [-0.39, 0.29) is 11.5 Å². The highest BCUT2D eigenvalue weighted by molar-refractivity contribution is 7.89. The fraction of sp³-hybridized carbons (Fsp3) is 0.235. The molecule has 0 N–H and O–H groups in total. The number of furan rings is 1. The second kappa shape index (κ2) is 6.29. The lowest BCUT2D eigenvalue weighted by Gasteiger charge is -2.06. The Bertz CT molecular complexity index is 889. The van der Waals surface area contributed by atoms with Crippen LogP contribution < -0.4 is 0 Å². The Kier molecular flexibility index (Phi) is 4.37. The minimum Gasteiger partial charge on any atom is -0.462 e. The lowest BCUT2D eigenvalue weighted by atomic mass is 10.1. The largest absolute Gasteiger partial charge is 0.462 e. The molecule has 3 rings (SSSR count). The summed E-state index contributed by atoms with van der Waals surface area (Å²) < 4.78 is 30.1. The zero-order chi connectivity index (χ0) is 16.4. The Hall–Kier alpha value is -1.92. The number of nitrogens with zero attached hydrogens (tertiary/aromatic N) is 1. The molecule has 1 aromatic carbocycles. The molecule has 0 unspecified atom stereocenters. The first kappa shape index (κ1) is 16.0. The van der Waals surface area contributed by atoms with Gasteiger partial charge in [0, 0.05) is 5.38 Å². The fourth-order valence-electron chi connectivity index (χ4n) is 2.57. The Morgan fingerprint density at radius 3 is 2.52 bits per heavy atom. The molecule has 0 fully saturated rings. The van der Waals surface area contributed by atoms with E-state index in [9.17, 15) is 8.42 Å². The van der Waals surface area contributed by atoms with E-state index in [4.69, 9.17) is 4.42 Å². The summed E-state index contributed by atoms with van der Waals surface area (Å²) in [4.78, 5) is 4.36. The lowest BCUT2D eigenvalue weighted by molar-refractivity contribution is 0.581. The standard InChI is InChI=1S/C17H17NO3S2/c1-12-6-13(2)8-14(7-12)10-23(19,20)11-15-9-22-17(18-15)16-4-3-5-21-16/h3-9H,10-11H2,1-2H3. The van der Waals surface area contributed by atoms with Crippen molar-refractivity contribution in [3.8, 4) is 10.8 Å². The van der Waals surface area contributed by atoms with Gasteiger partial charge in [-0.05, 0) is 31.5 Å². The molecule has 0 saturated heterocycles. The Balaban J connectivity index is 1.76. The van der Waals surface area contributed by atoms with Gasteiger partial charge in [0.25, 0.3) is 0 Å². The van der Waals surface area contributed by atoms with E-state index in [1.807, 2.05) is 38.1 Å². The number of benzene rings is 1. The van der Waals surface area contributed by atoms with Crippen molar-refractivity contribution in [3.05, 3.63) is 64.4 Å². The third-order valence-electron chi connectivity index (χ3n) is 3.32. The number of rotatable bonds is 5. The summed E-state index contributed by atoms with van der Waals surface area (Å²) in [5.41, 5.74) is 3.53. The first-order valence-corrected chi connectivity index (χ1v) is 9.87. The molecule has 6 heteroatoms. The number of hydrogen-bond donors (Lipinski definition) is 0. The molecule has 0 radical (unpaired) electrons. The first-order chi connectivity index (χ1) is 10.9. The van der Waals surface area contributed by atoms with Crippen LogP contribution in [0.15, 0.2) is 46.4 Å². The molecule has 120 valence electrons. The molecule has 0 bridgehead atoms. The monoisotopic (exact) mass is 347 g/mol. The van der Waals surface area contributed by atoms with Crippen molar-refractivity contribution in [1.29, 1.82) is 0 Å². The molecule has 0 amide bonds. The van der Waals surface area contributed by atoms with Crippen LogP contribution in [0.3, 0.4) is 0 Å². The smallest absolute Gasteiger partial charge is 0.162 e. The Morgan fingerprint density at radius 1 is 1.13 bits per heavy atom. The number of thiazole rings is 1. The van der Waals surface area contributed by atoms with Gasteiger partial charge in [-0.2, -0.15) is 0 Å². The molecule has 0 saturated carbocycles. The van der Waals surface area contributed by atoms with Crippen molar-refractivity contribution in [2.45, 2.75) is 25.4 Å². The van der Waals surface area contributed by atoms with Gasteiger partial charge in [-0.25, -0.2) is 13.4 Å². The highest BCUT2D eigenvalue weighted by Gasteiger charge is 2.17. The topological polar surface area (TPSA) is 60.2 Å². The second-order valence-electron chi connectivity index (χ2n) is 5.65. The van der Waals surface area contributed by atoms with Crippen LogP contribution >= 0.6 is 11.3 Å². The summed E-state index contributed by atoms with van der Waals surface area (Å²) in [5.74, 6) is 0.633. The molecule has 0 aliphatic carbocycles. The molecule has 4 nitrogen and oxygen atoms in total. The van der Waals surface area contributed by atoms with Crippen molar-refractivity contribution in [3.63, 3.8) is 0 Å². The van der Waals surface area contributed by atoms with E-state index in [0.29, 0.717) is 16.5 Å². The molecule has 0 spiro atoms. The maximum atomic E-state index is 12.4. The molecular weight excluding hydrogens is 330 g/mol. The summed E-state index contributed by atoms with van der Waals surface area (Å²) in [7, 11) is -3.26. The van der Waals surface area contributed by atoms with Gasteiger partial charge in [0.1, 0.15) is 0 Å².